The molecule has 0 aliphatic carbocycles. The third-order valence-electron chi connectivity index (χ3n) is 5.29. The predicted molar refractivity (Wildman–Crippen MR) is 131 cm³/mol. The molecule has 6 nitrogen and oxygen atoms in total. The van der Waals surface area contributed by atoms with E-state index in [4.69, 9.17) is 26.6 Å². The van der Waals surface area contributed by atoms with Crippen molar-refractivity contribution >= 4 is 34.1 Å². The largest absolute Gasteiger partial charge is 0.492 e. The van der Waals surface area contributed by atoms with Gasteiger partial charge in [0.25, 0.3) is 5.91 Å². The number of rotatable bonds is 9. The lowest BCUT2D eigenvalue weighted by molar-refractivity contribution is 0.0920. The molecule has 1 amide bonds. The maximum Gasteiger partial charge on any atom is 0.287 e. The van der Waals surface area contributed by atoms with Crippen LogP contribution in [-0.4, -0.2) is 29.3 Å². The van der Waals surface area contributed by atoms with Crippen LogP contribution in [0.4, 0.5) is 0 Å². The number of furan rings is 1. The topological polar surface area (TPSA) is 83.7 Å². The second-order valence-electron chi connectivity index (χ2n) is 7.46. The van der Waals surface area contributed by atoms with E-state index >= 15 is 0 Å². The average molecular weight is 461 g/mol. The van der Waals surface area contributed by atoms with Crippen molar-refractivity contribution in [3.05, 3.63) is 101 Å². The number of hydrogen-bond donors (Lipinski definition) is 3. The minimum atomic E-state index is -0.257. The molecule has 4 aromatic rings. The number of amides is 1. The van der Waals surface area contributed by atoms with Crippen molar-refractivity contribution in [3.63, 3.8) is 0 Å². The number of nitrogens with one attached hydrogen (secondary N) is 2. The first-order valence-corrected chi connectivity index (χ1v) is 11.1. The Bertz CT molecular complexity index is 1240. The molecule has 168 valence electrons. The Morgan fingerprint density at radius 1 is 0.939 bits per heavy atom. The molecule has 0 saturated carbocycles. The van der Waals surface area contributed by atoms with Crippen LogP contribution in [0.3, 0.4) is 0 Å². The van der Waals surface area contributed by atoms with E-state index in [0.29, 0.717) is 42.2 Å². The summed E-state index contributed by atoms with van der Waals surface area (Å²) in [7, 11) is 0. The Hall–Kier alpha value is -3.68. The maximum atomic E-state index is 12.9. The summed E-state index contributed by atoms with van der Waals surface area (Å²) in [4.78, 5) is 13.1. The van der Waals surface area contributed by atoms with Gasteiger partial charge in [-0.1, -0.05) is 60.7 Å². The van der Waals surface area contributed by atoms with Gasteiger partial charge in [0, 0.05) is 16.5 Å². The first kappa shape index (κ1) is 22.5. The average Bonchev–Trinajstić information content (AvgIpc) is 3.24. The van der Waals surface area contributed by atoms with Crippen molar-refractivity contribution in [2.75, 3.05) is 13.2 Å². The molecule has 0 aliphatic rings. The number of hydroxylamine groups is 1. The summed E-state index contributed by atoms with van der Waals surface area (Å²) >= 11 is 4.97. The molecule has 0 aliphatic heterocycles. The standard InChI is InChI=1S/C26H24N2O4S/c29-25(27-16-17-31-20-13-11-19(12-14-20)26(33)28-30)24-22(15-10-18-6-2-1-3-7-18)21-8-4-5-9-23(21)32-24/h1-9,11-14,30H,10,15-17H2,(H,27,29)(H,28,33). The van der Waals surface area contributed by atoms with Crippen LogP contribution in [0.2, 0.25) is 0 Å². The number of benzene rings is 3. The lowest BCUT2D eigenvalue weighted by Crippen LogP contribution is -2.28. The second-order valence-corrected chi connectivity index (χ2v) is 7.87. The number of carbonyl (C=O) groups is 1. The lowest BCUT2D eigenvalue weighted by Gasteiger charge is -2.09. The van der Waals surface area contributed by atoms with Gasteiger partial charge in [-0.15, -0.1) is 0 Å². The molecule has 0 spiro atoms. The maximum absolute atomic E-state index is 12.9. The summed E-state index contributed by atoms with van der Waals surface area (Å²) in [6, 6.07) is 24.9. The highest BCUT2D eigenvalue weighted by atomic mass is 32.1. The van der Waals surface area contributed by atoms with Crippen molar-refractivity contribution in [2.24, 2.45) is 0 Å². The summed E-state index contributed by atoms with van der Waals surface area (Å²) in [5.74, 6) is 0.732. The molecule has 3 aromatic carbocycles. The van der Waals surface area contributed by atoms with E-state index in [9.17, 15) is 4.79 Å². The SMILES string of the molecule is O=C(NCCOc1ccc(C(=S)NO)cc1)c1oc2ccccc2c1CCc1ccccc1. The van der Waals surface area contributed by atoms with Crippen LogP contribution in [0, 0.1) is 0 Å². The molecule has 33 heavy (non-hydrogen) atoms. The van der Waals surface area contributed by atoms with E-state index in [2.05, 4.69) is 17.4 Å². The van der Waals surface area contributed by atoms with Crippen LogP contribution in [0.15, 0.2) is 83.3 Å². The van der Waals surface area contributed by atoms with Gasteiger partial charge in [-0.3, -0.25) is 15.5 Å². The Morgan fingerprint density at radius 2 is 1.67 bits per heavy atom. The predicted octanol–water partition coefficient (Wildman–Crippen LogP) is 4.68. The molecule has 1 heterocycles. The van der Waals surface area contributed by atoms with E-state index < -0.39 is 0 Å². The minimum Gasteiger partial charge on any atom is -0.492 e. The number of para-hydroxylation sites is 1. The van der Waals surface area contributed by atoms with E-state index in [1.165, 1.54) is 5.56 Å². The lowest BCUT2D eigenvalue weighted by atomic mass is 10.0. The minimum absolute atomic E-state index is 0.239. The van der Waals surface area contributed by atoms with E-state index in [0.717, 1.165) is 17.4 Å². The third kappa shape index (κ3) is 5.58. The number of ether oxygens (including phenoxy) is 1. The quantitative estimate of drug-likeness (QED) is 0.191. The Labute approximate surface area is 197 Å². The van der Waals surface area contributed by atoms with Crippen molar-refractivity contribution in [2.45, 2.75) is 12.8 Å². The Kier molecular flexibility index (Phi) is 7.34. The van der Waals surface area contributed by atoms with Gasteiger partial charge in [0.05, 0.1) is 6.54 Å². The normalized spacial score (nSPS) is 10.7. The number of carbonyl (C=O) groups excluding carboxylic acids is 1. The molecule has 3 N–H and O–H groups in total. The summed E-state index contributed by atoms with van der Waals surface area (Å²) < 4.78 is 11.6. The molecule has 1 aromatic heterocycles. The van der Waals surface area contributed by atoms with Crippen molar-refractivity contribution in [3.8, 4) is 5.75 Å². The molecule has 7 heteroatoms. The zero-order valence-electron chi connectivity index (χ0n) is 17.9. The van der Waals surface area contributed by atoms with Crippen LogP contribution in [0.1, 0.15) is 27.2 Å². The summed E-state index contributed by atoms with van der Waals surface area (Å²) in [6.45, 7) is 0.625. The van der Waals surface area contributed by atoms with Crippen LogP contribution < -0.4 is 15.5 Å². The highest BCUT2D eigenvalue weighted by Gasteiger charge is 2.20. The van der Waals surface area contributed by atoms with Gasteiger partial charge >= 0.3 is 0 Å². The molecule has 0 fully saturated rings. The smallest absolute Gasteiger partial charge is 0.287 e. The molecule has 0 bridgehead atoms. The van der Waals surface area contributed by atoms with Crippen molar-refractivity contribution in [1.29, 1.82) is 0 Å². The highest BCUT2D eigenvalue weighted by molar-refractivity contribution is 7.80. The molecule has 0 radical (unpaired) electrons. The van der Waals surface area contributed by atoms with Gasteiger partial charge in [0.1, 0.15) is 22.9 Å². The fourth-order valence-corrected chi connectivity index (χ4v) is 3.76. The first-order chi connectivity index (χ1) is 16.2. The summed E-state index contributed by atoms with van der Waals surface area (Å²) in [6.07, 6.45) is 1.52. The van der Waals surface area contributed by atoms with E-state index in [-0.39, 0.29) is 10.9 Å². The van der Waals surface area contributed by atoms with Crippen LogP contribution >= 0.6 is 12.2 Å². The van der Waals surface area contributed by atoms with Crippen molar-refractivity contribution in [1.82, 2.24) is 10.8 Å². The zero-order chi connectivity index (χ0) is 23.0. The second kappa shape index (κ2) is 10.8. The zero-order valence-corrected chi connectivity index (χ0v) is 18.7. The van der Waals surface area contributed by atoms with Crippen molar-refractivity contribution < 1.29 is 19.2 Å². The van der Waals surface area contributed by atoms with Gasteiger partial charge in [-0.2, -0.15) is 0 Å². The van der Waals surface area contributed by atoms with Crippen LogP contribution in [-0.2, 0) is 12.8 Å². The molecule has 4 rings (SSSR count). The van der Waals surface area contributed by atoms with Gasteiger partial charge in [-0.25, -0.2) is 0 Å². The molecule has 0 atom stereocenters. The number of hydrogen-bond acceptors (Lipinski definition) is 5. The summed E-state index contributed by atoms with van der Waals surface area (Å²) in [5, 5.41) is 12.7. The first-order valence-electron chi connectivity index (χ1n) is 10.7. The number of aryl methyl sites for hydroxylation is 2. The van der Waals surface area contributed by atoms with E-state index in [1.54, 1.807) is 24.3 Å². The van der Waals surface area contributed by atoms with Gasteiger partial charge in [0.2, 0.25) is 0 Å². The van der Waals surface area contributed by atoms with Gasteiger partial charge in [0.15, 0.2) is 5.76 Å². The molecule has 0 unspecified atom stereocenters. The number of thiocarbonyl (C=S) groups is 1. The Morgan fingerprint density at radius 3 is 2.42 bits per heavy atom. The fraction of sp³-hybridized carbons (Fsp3) is 0.154. The molecule has 0 saturated heterocycles. The Balaban J connectivity index is 1.38. The van der Waals surface area contributed by atoms with Gasteiger partial charge in [-0.05, 0) is 48.7 Å². The summed E-state index contributed by atoms with van der Waals surface area (Å²) in [5.41, 5.74) is 5.46. The molecular formula is C26H24N2O4S. The molecular weight excluding hydrogens is 436 g/mol. The monoisotopic (exact) mass is 460 g/mol. The fourth-order valence-electron chi connectivity index (χ4n) is 3.63. The van der Waals surface area contributed by atoms with Gasteiger partial charge < -0.3 is 14.5 Å². The third-order valence-corrected chi connectivity index (χ3v) is 5.61. The van der Waals surface area contributed by atoms with E-state index in [1.807, 2.05) is 47.9 Å². The number of fused-ring (bicyclic) bond motifs is 1. The van der Waals surface area contributed by atoms with Crippen LogP contribution in [0.5, 0.6) is 5.75 Å². The highest BCUT2D eigenvalue weighted by Crippen LogP contribution is 2.27. The van der Waals surface area contributed by atoms with Crippen LogP contribution in [0.25, 0.3) is 11.0 Å².